The molecule has 1 aliphatic carbocycles. The van der Waals surface area contributed by atoms with Crippen molar-refractivity contribution in [2.24, 2.45) is 5.92 Å². The van der Waals surface area contributed by atoms with E-state index in [4.69, 9.17) is 0 Å². The van der Waals surface area contributed by atoms with Crippen LogP contribution < -0.4 is 0 Å². The first kappa shape index (κ1) is 16.0. The second-order valence-corrected chi connectivity index (χ2v) is 8.07. The van der Waals surface area contributed by atoms with Crippen LogP contribution in [0.1, 0.15) is 47.1 Å². The first-order chi connectivity index (χ1) is 12.7. The van der Waals surface area contributed by atoms with Crippen LogP contribution in [-0.2, 0) is 13.1 Å². The molecule has 1 amide bonds. The molecule has 3 heterocycles. The predicted molar refractivity (Wildman–Crippen MR) is 98.9 cm³/mol. The third-order valence-electron chi connectivity index (χ3n) is 5.27. The standard InChI is InChI=1S/C19H20N4O2S/c24-18(12-2-3-12)16-9-14-10-22(6-1-7-23(14)21-16)19(25)13-4-5-17-15(8-13)20-11-26-17/h4-5,8-9,11-12,18,24H,1-3,6-7,10H2. The van der Waals surface area contributed by atoms with Crippen molar-refractivity contribution >= 4 is 27.5 Å². The second kappa shape index (κ2) is 6.17. The van der Waals surface area contributed by atoms with Gasteiger partial charge in [0.1, 0.15) is 6.10 Å². The molecule has 1 aromatic carbocycles. The maximum atomic E-state index is 13.0. The third kappa shape index (κ3) is 2.81. The van der Waals surface area contributed by atoms with Gasteiger partial charge in [0.15, 0.2) is 0 Å². The molecule has 0 spiro atoms. The second-order valence-electron chi connectivity index (χ2n) is 7.18. The fourth-order valence-electron chi connectivity index (χ4n) is 3.63. The van der Waals surface area contributed by atoms with Gasteiger partial charge in [-0.2, -0.15) is 5.10 Å². The number of thiazole rings is 1. The van der Waals surface area contributed by atoms with E-state index in [0.29, 0.717) is 24.6 Å². The van der Waals surface area contributed by atoms with Crippen LogP contribution in [0.15, 0.2) is 29.8 Å². The molecule has 2 aromatic heterocycles. The Morgan fingerprint density at radius 2 is 2.15 bits per heavy atom. The zero-order valence-corrected chi connectivity index (χ0v) is 15.2. The van der Waals surface area contributed by atoms with Gasteiger partial charge in [0.05, 0.1) is 33.7 Å². The minimum absolute atomic E-state index is 0.0267. The molecular weight excluding hydrogens is 348 g/mol. The fraction of sp³-hybridized carbons (Fsp3) is 0.421. The van der Waals surface area contributed by atoms with Crippen LogP contribution >= 0.6 is 11.3 Å². The zero-order chi connectivity index (χ0) is 17.7. The van der Waals surface area contributed by atoms with E-state index in [-0.39, 0.29) is 5.91 Å². The Labute approximate surface area is 155 Å². The number of nitrogens with zero attached hydrogens (tertiary/aromatic N) is 4. The molecule has 6 nitrogen and oxygen atoms in total. The summed E-state index contributed by atoms with van der Waals surface area (Å²) in [5.41, 5.74) is 5.10. The lowest BCUT2D eigenvalue weighted by atomic mass is 10.1. The number of carbonyl (C=O) groups is 1. The topological polar surface area (TPSA) is 71.2 Å². The summed E-state index contributed by atoms with van der Waals surface area (Å²) in [7, 11) is 0. The summed E-state index contributed by atoms with van der Waals surface area (Å²) in [6.45, 7) is 2.01. The van der Waals surface area contributed by atoms with E-state index in [0.717, 1.165) is 47.4 Å². The van der Waals surface area contributed by atoms with Crippen LogP contribution in [0.3, 0.4) is 0 Å². The van der Waals surface area contributed by atoms with Crippen LogP contribution in [0.2, 0.25) is 0 Å². The molecular formula is C19H20N4O2S. The van der Waals surface area contributed by atoms with Crippen molar-refractivity contribution in [3.63, 3.8) is 0 Å². The van der Waals surface area contributed by atoms with E-state index in [1.165, 1.54) is 0 Å². The molecule has 5 rings (SSSR count). The summed E-state index contributed by atoms with van der Waals surface area (Å²) in [5, 5.41) is 14.9. The SMILES string of the molecule is O=C(c1ccc2scnc2c1)N1CCCn2nc(C(O)C3CC3)cc2C1. The molecule has 2 aliphatic rings. The number of aromatic nitrogens is 3. The number of amides is 1. The highest BCUT2D eigenvalue weighted by Gasteiger charge is 2.33. The van der Waals surface area contributed by atoms with Gasteiger partial charge >= 0.3 is 0 Å². The summed E-state index contributed by atoms with van der Waals surface area (Å²) >= 11 is 1.58. The van der Waals surface area contributed by atoms with E-state index < -0.39 is 6.10 Å². The Morgan fingerprint density at radius 1 is 1.27 bits per heavy atom. The fourth-order valence-corrected chi connectivity index (χ4v) is 4.29. The lowest BCUT2D eigenvalue weighted by Crippen LogP contribution is -2.30. The Bertz CT molecular complexity index is 975. The summed E-state index contributed by atoms with van der Waals surface area (Å²) in [5.74, 6) is 0.385. The summed E-state index contributed by atoms with van der Waals surface area (Å²) < 4.78 is 3.05. The quantitative estimate of drug-likeness (QED) is 0.771. The van der Waals surface area contributed by atoms with Crippen LogP contribution in [0.25, 0.3) is 10.2 Å². The number of aliphatic hydroxyl groups excluding tert-OH is 1. The van der Waals surface area contributed by atoms with Crippen molar-refractivity contribution in [3.05, 3.63) is 46.7 Å². The number of hydrogen-bond acceptors (Lipinski definition) is 5. The molecule has 1 atom stereocenters. The highest BCUT2D eigenvalue weighted by atomic mass is 32.1. The van der Waals surface area contributed by atoms with Crippen molar-refractivity contribution in [2.45, 2.75) is 38.5 Å². The predicted octanol–water partition coefficient (Wildman–Crippen LogP) is 2.98. The molecule has 1 saturated carbocycles. The van der Waals surface area contributed by atoms with Gasteiger partial charge < -0.3 is 10.0 Å². The number of aryl methyl sites for hydroxylation is 1. The van der Waals surface area contributed by atoms with Crippen LogP contribution in [-0.4, -0.2) is 37.2 Å². The van der Waals surface area contributed by atoms with Crippen LogP contribution in [0, 0.1) is 5.92 Å². The van der Waals surface area contributed by atoms with Gasteiger partial charge in [0.25, 0.3) is 5.91 Å². The highest BCUT2D eigenvalue weighted by Crippen LogP contribution is 2.40. The van der Waals surface area contributed by atoms with E-state index in [1.807, 2.05) is 33.8 Å². The first-order valence-electron chi connectivity index (χ1n) is 9.06. The van der Waals surface area contributed by atoms with E-state index in [9.17, 15) is 9.90 Å². The molecule has 1 fully saturated rings. The van der Waals surface area contributed by atoms with Crippen LogP contribution in [0.4, 0.5) is 0 Å². The molecule has 0 bridgehead atoms. The van der Waals surface area contributed by atoms with Gasteiger partial charge in [-0.05, 0) is 49.4 Å². The van der Waals surface area contributed by atoms with Gasteiger partial charge in [0.2, 0.25) is 0 Å². The molecule has 1 aliphatic heterocycles. The maximum absolute atomic E-state index is 13.0. The molecule has 1 N–H and O–H groups in total. The minimum Gasteiger partial charge on any atom is -0.386 e. The van der Waals surface area contributed by atoms with Gasteiger partial charge in [-0.15, -0.1) is 11.3 Å². The van der Waals surface area contributed by atoms with Crippen molar-refractivity contribution in [3.8, 4) is 0 Å². The molecule has 0 radical (unpaired) electrons. The lowest BCUT2D eigenvalue weighted by Gasteiger charge is -2.20. The monoisotopic (exact) mass is 368 g/mol. The van der Waals surface area contributed by atoms with Crippen LogP contribution in [0.5, 0.6) is 0 Å². The van der Waals surface area contributed by atoms with Crippen molar-refractivity contribution in [2.75, 3.05) is 6.54 Å². The first-order valence-corrected chi connectivity index (χ1v) is 9.94. The summed E-state index contributed by atoms with van der Waals surface area (Å²) in [6.07, 6.45) is 2.55. The van der Waals surface area contributed by atoms with Gasteiger partial charge in [0, 0.05) is 18.7 Å². The molecule has 1 unspecified atom stereocenters. The van der Waals surface area contributed by atoms with E-state index in [1.54, 1.807) is 16.8 Å². The normalized spacial score (nSPS) is 18.6. The average Bonchev–Trinajstić information content (AvgIpc) is 3.33. The Hall–Kier alpha value is -2.25. The Balaban J connectivity index is 1.40. The number of fused-ring (bicyclic) bond motifs is 2. The Kier molecular flexibility index (Phi) is 3.79. The molecule has 3 aromatic rings. The number of hydrogen-bond donors (Lipinski definition) is 1. The summed E-state index contributed by atoms with van der Waals surface area (Å²) in [6, 6.07) is 7.69. The number of aliphatic hydroxyl groups is 1. The number of rotatable bonds is 3. The van der Waals surface area contributed by atoms with E-state index >= 15 is 0 Å². The number of benzene rings is 1. The summed E-state index contributed by atoms with van der Waals surface area (Å²) in [4.78, 5) is 19.2. The third-order valence-corrected chi connectivity index (χ3v) is 6.08. The Morgan fingerprint density at radius 3 is 3.00 bits per heavy atom. The molecule has 0 saturated heterocycles. The van der Waals surface area contributed by atoms with Gasteiger partial charge in [-0.1, -0.05) is 0 Å². The van der Waals surface area contributed by atoms with Gasteiger partial charge in [-0.25, -0.2) is 4.98 Å². The zero-order valence-electron chi connectivity index (χ0n) is 14.3. The molecule has 7 heteroatoms. The highest BCUT2D eigenvalue weighted by molar-refractivity contribution is 7.16. The van der Waals surface area contributed by atoms with Gasteiger partial charge in [-0.3, -0.25) is 9.48 Å². The van der Waals surface area contributed by atoms with Crippen molar-refractivity contribution < 1.29 is 9.90 Å². The van der Waals surface area contributed by atoms with E-state index in [2.05, 4.69) is 10.1 Å². The van der Waals surface area contributed by atoms with Crippen molar-refractivity contribution in [1.29, 1.82) is 0 Å². The molecule has 134 valence electrons. The smallest absolute Gasteiger partial charge is 0.254 e. The largest absolute Gasteiger partial charge is 0.386 e. The minimum atomic E-state index is -0.467. The van der Waals surface area contributed by atoms with Crippen molar-refractivity contribution in [1.82, 2.24) is 19.7 Å². The molecule has 26 heavy (non-hydrogen) atoms. The lowest BCUT2D eigenvalue weighted by molar-refractivity contribution is 0.0746. The maximum Gasteiger partial charge on any atom is 0.254 e. The average molecular weight is 368 g/mol. The number of carbonyl (C=O) groups excluding carboxylic acids is 1.